The maximum absolute atomic E-state index is 12.1. The van der Waals surface area contributed by atoms with E-state index in [1.165, 1.54) is 17.8 Å². The largest absolute Gasteiger partial charge is 0.581 e. The third-order valence-corrected chi connectivity index (χ3v) is 5.60. The van der Waals surface area contributed by atoms with Crippen LogP contribution >= 0.6 is 10.8 Å². The third-order valence-electron chi connectivity index (χ3n) is 2.57. The van der Waals surface area contributed by atoms with Gasteiger partial charge in [0.25, 0.3) is 0 Å². The van der Waals surface area contributed by atoms with Crippen LogP contribution in [0.4, 0.5) is 4.79 Å². The molecule has 1 aromatic rings. The highest BCUT2D eigenvalue weighted by Gasteiger charge is 2.26. The second kappa shape index (κ2) is 9.86. The fraction of sp³-hybridized carbons (Fsp3) is 0.533. The molecule has 1 amide bonds. The first-order chi connectivity index (χ1) is 10.5. The molecule has 0 saturated heterocycles. The third kappa shape index (κ3) is 6.37. The van der Waals surface area contributed by atoms with Crippen LogP contribution in [0.15, 0.2) is 24.3 Å². The second-order valence-corrected chi connectivity index (χ2v) is 8.06. The molecule has 124 valence electrons. The number of ether oxygens (including phenoxy) is 2. The lowest BCUT2D eigenvalue weighted by atomic mass is 10.3. The smallest absolute Gasteiger partial charge is 0.457 e. The molecule has 0 aliphatic carbocycles. The number of hydrogen-bond donors (Lipinski definition) is 0. The van der Waals surface area contributed by atoms with E-state index in [4.69, 9.17) is 9.47 Å². The molecular weight excluding hydrogens is 322 g/mol. The Balaban J connectivity index is 2.64. The number of amides is 1. The summed E-state index contributed by atoms with van der Waals surface area (Å²) < 4.78 is 24.0. The van der Waals surface area contributed by atoms with Gasteiger partial charge in [0.2, 0.25) is 0 Å². The fourth-order valence-electron chi connectivity index (χ4n) is 1.46. The van der Waals surface area contributed by atoms with Crippen molar-refractivity contribution in [2.45, 2.75) is 39.7 Å². The van der Waals surface area contributed by atoms with E-state index in [2.05, 4.69) is 6.92 Å². The SMILES string of the molecule is CCCCS[S+]([O-])N(C)C(=O)Oc1ccccc1OC(C)C. The van der Waals surface area contributed by atoms with Crippen molar-refractivity contribution in [3.05, 3.63) is 24.3 Å². The average Bonchev–Trinajstić information content (AvgIpc) is 2.48. The summed E-state index contributed by atoms with van der Waals surface area (Å²) in [6.07, 6.45) is 1.29. The molecule has 0 aliphatic rings. The highest BCUT2D eigenvalue weighted by molar-refractivity contribution is 8.71. The Kier molecular flexibility index (Phi) is 8.52. The molecule has 0 aliphatic heterocycles. The van der Waals surface area contributed by atoms with E-state index in [1.807, 2.05) is 13.8 Å². The Morgan fingerprint density at radius 2 is 2.00 bits per heavy atom. The van der Waals surface area contributed by atoms with Gasteiger partial charge in [0.1, 0.15) is 21.2 Å². The summed E-state index contributed by atoms with van der Waals surface area (Å²) in [5.74, 6) is 1.56. The number of unbranched alkanes of at least 4 members (excludes halogenated alkanes) is 1. The van der Waals surface area contributed by atoms with Gasteiger partial charge in [0.15, 0.2) is 11.5 Å². The number of nitrogens with zero attached hydrogens (tertiary/aromatic N) is 1. The maximum Gasteiger partial charge on any atom is 0.457 e. The minimum atomic E-state index is -1.45. The molecule has 0 saturated carbocycles. The second-order valence-electron chi connectivity index (χ2n) is 4.87. The molecule has 1 unspecified atom stereocenters. The quantitative estimate of drug-likeness (QED) is 0.404. The molecule has 7 heteroatoms. The van der Waals surface area contributed by atoms with Gasteiger partial charge in [-0.2, -0.15) is 0 Å². The lowest BCUT2D eigenvalue weighted by Gasteiger charge is -2.19. The maximum atomic E-state index is 12.1. The number of carbonyl (C=O) groups excluding carboxylic acids is 1. The molecule has 5 nitrogen and oxygen atoms in total. The topological polar surface area (TPSA) is 61.8 Å². The monoisotopic (exact) mass is 345 g/mol. The van der Waals surface area contributed by atoms with Crippen molar-refractivity contribution in [2.24, 2.45) is 0 Å². The van der Waals surface area contributed by atoms with Crippen molar-refractivity contribution in [1.82, 2.24) is 4.31 Å². The van der Waals surface area contributed by atoms with Gasteiger partial charge in [0.05, 0.1) is 13.2 Å². The Bertz CT molecular complexity index is 471. The van der Waals surface area contributed by atoms with Crippen LogP contribution in [-0.4, -0.2) is 33.9 Å². The highest BCUT2D eigenvalue weighted by atomic mass is 33.1. The number of benzene rings is 1. The molecule has 0 N–H and O–H groups in total. The Hall–Kier alpha value is -1.05. The van der Waals surface area contributed by atoms with E-state index < -0.39 is 16.5 Å². The van der Waals surface area contributed by atoms with E-state index in [-0.39, 0.29) is 6.10 Å². The van der Waals surface area contributed by atoms with Crippen LogP contribution in [0.25, 0.3) is 0 Å². The summed E-state index contributed by atoms with van der Waals surface area (Å²) in [7, 11) is 1.24. The predicted octanol–water partition coefficient (Wildman–Crippen LogP) is 4.02. The normalized spacial score (nSPS) is 12.1. The summed E-state index contributed by atoms with van der Waals surface area (Å²) in [6, 6.07) is 6.94. The zero-order chi connectivity index (χ0) is 16.5. The number of para-hydroxylation sites is 2. The van der Waals surface area contributed by atoms with Gasteiger partial charge >= 0.3 is 6.09 Å². The molecule has 1 aromatic carbocycles. The first-order valence-electron chi connectivity index (χ1n) is 7.22. The number of hydrogen-bond acceptors (Lipinski definition) is 5. The molecule has 0 spiro atoms. The van der Waals surface area contributed by atoms with Crippen LogP contribution in [0.1, 0.15) is 33.6 Å². The van der Waals surface area contributed by atoms with Gasteiger partial charge in [-0.05, 0) is 32.4 Å². The van der Waals surface area contributed by atoms with Gasteiger partial charge in [-0.3, -0.25) is 0 Å². The summed E-state index contributed by atoms with van der Waals surface area (Å²) in [5, 5.41) is 0. The summed E-state index contributed by atoms with van der Waals surface area (Å²) in [4.78, 5) is 12.1. The molecule has 0 fully saturated rings. The predicted molar refractivity (Wildman–Crippen MR) is 91.5 cm³/mol. The minimum absolute atomic E-state index is 0.0312. The van der Waals surface area contributed by atoms with E-state index in [9.17, 15) is 9.35 Å². The van der Waals surface area contributed by atoms with E-state index in [0.717, 1.165) is 22.9 Å². The van der Waals surface area contributed by atoms with Crippen molar-refractivity contribution < 1.29 is 18.8 Å². The van der Waals surface area contributed by atoms with Crippen molar-refractivity contribution in [1.29, 1.82) is 0 Å². The Morgan fingerprint density at radius 3 is 2.59 bits per heavy atom. The van der Waals surface area contributed by atoms with Crippen molar-refractivity contribution in [3.8, 4) is 11.5 Å². The molecule has 1 atom stereocenters. The standard InChI is InChI=1S/C15H23NO4S2/c1-5-6-11-21-22(18)16(4)15(17)20-14-10-8-7-9-13(14)19-12(2)3/h7-10,12H,5-6,11H2,1-4H3. The Labute approximate surface area is 139 Å². The minimum Gasteiger partial charge on any atom is -0.581 e. The number of carbonyl (C=O) groups is 1. The Morgan fingerprint density at radius 1 is 1.36 bits per heavy atom. The molecule has 0 radical (unpaired) electrons. The zero-order valence-corrected chi connectivity index (χ0v) is 15.0. The molecule has 22 heavy (non-hydrogen) atoms. The van der Waals surface area contributed by atoms with Gasteiger partial charge in [-0.1, -0.05) is 25.5 Å². The van der Waals surface area contributed by atoms with Crippen LogP contribution in [0, 0.1) is 0 Å². The molecule has 0 aromatic heterocycles. The summed E-state index contributed by atoms with van der Waals surface area (Å²) >= 11 is 0. The van der Waals surface area contributed by atoms with Crippen molar-refractivity contribution in [2.75, 3.05) is 12.8 Å². The van der Waals surface area contributed by atoms with Crippen molar-refractivity contribution >= 4 is 27.3 Å². The average molecular weight is 345 g/mol. The number of rotatable bonds is 8. The zero-order valence-electron chi connectivity index (χ0n) is 13.4. The first-order valence-corrected chi connectivity index (χ1v) is 9.83. The van der Waals surface area contributed by atoms with E-state index >= 15 is 0 Å². The fourth-order valence-corrected chi connectivity index (χ4v) is 3.76. The first kappa shape index (κ1) is 19.0. The van der Waals surface area contributed by atoms with Crippen LogP contribution in [0.3, 0.4) is 0 Å². The van der Waals surface area contributed by atoms with Gasteiger partial charge in [0, 0.05) is 5.75 Å². The van der Waals surface area contributed by atoms with Crippen LogP contribution in [0.2, 0.25) is 0 Å². The summed E-state index contributed by atoms with van der Waals surface area (Å²) in [5.41, 5.74) is 0. The van der Waals surface area contributed by atoms with Gasteiger partial charge in [-0.15, -0.1) is 4.31 Å². The van der Waals surface area contributed by atoms with E-state index in [1.54, 1.807) is 24.3 Å². The molecule has 1 rings (SSSR count). The van der Waals surface area contributed by atoms with Crippen molar-refractivity contribution in [3.63, 3.8) is 0 Å². The van der Waals surface area contributed by atoms with Crippen LogP contribution in [0.5, 0.6) is 11.5 Å². The molecule has 0 bridgehead atoms. The highest BCUT2D eigenvalue weighted by Crippen LogP contribution is 2.28. The van der Waals surface area contributed by atoms with Crippen LogP contribution < -0.4 is 9.47 Å². The van der Waals surface area contributed by atoms with Crippen LogP contribution in [-0.2, 0) is 10.4 Å². The molecule has 0 heterocycles. The molecular formula is C15H23NO4S2. The lowest BCUT2D eigenvalue weighted by Crippen LogP contribution is -2.33. The summed E-state index contributed by atoms with van der Waals surface area (Å²) in [6.45, 7) is 5.85. The van der Waals surface area contributed by atoms with E-state index in [0.29, 0.717) is 11.5 Å². The lowest BCUT2D eigenvalue weighted by molar-refractivity contribution is 0.178. The van der Waals surface area contributed by atoms with Gasteiger partial charge in [-0.25, -0.2) is 4.79 Å². The van der Waals surface area contributed by atoms with Gasteiger partial charge < -0.3 is 14.0 Å².